The first-order chi connectivity index (χ1) is 14.1. The number of hydrogen-bond acceptors (Lipinski definition) is 5. The number of aromatic hydroxyl groups is 1. The highest BCUT2D eigenvalue weighted by molar-refractivity contribution is 7.21. The third-order valence-corrected chi connectivity index (χ3v) is 6.22. The topological polar surface area (TPSA) is 90.7 Å². The molecule has 0 unspecified atom stereocenters. The lowest BCUT2D eigenvalue weighted by Crippen LogP contribution is -1.96. The fourth-order valence-corrected chi connectivity index (χ4v) is 4.60. The van der Waals surface area contributed by atoms with Gasteiger partial charge in [0.2, 0.25) is 5.88 Å². The van der Waals surface area contributed by atoms with E-state index in [9.17, 15) is 9.90 Å². The number of fused-ring (bicyclic) bond motifs is 2. The Kier molecular flexibility index (Phi) is 5.30. The molecule has 0 saturated carbocycles. The molecular formula is C21H15ClN4O2S. The largest absolute Gasteiger partial charge is 0.493 e. The van der Waals surface area contributed by atoms with Gasteiger partial charge in [-0.15, -0.1) is 21.6 Å². The Hall–Kier alpha value is -3.21. The maximum atomic E-state index is 12.6. The van der Waals surface area contributed by atoms with Crippen LogP contribution in [0.1, 0.15) is 22.5 Å². The lowest BCUT2D eigenvalue weighted by atomic mass is 10.2. The maximum absolute atomic E-state index is 12.6. The first-order valence-electron chi connectivity index (χ1n) is 8.92. The number of carbonyl (C=O) groups is 1. The summed E-state index contributed by atoms with van der Waals surface area (Å²) in [5, 5.41) is 29.1. The Morgan fingerprint density at radius 2 is 1.90 bits per heavy atom. The van der Waals surface area contributed by atoms with Crippen molar-refractivity contribution in [3.63, 3.8) is 0 Å². The van der Waals surface area contributed by atoms with Crippen molar-refractivity contribution < 1.29 is 9.90 Å². The van der Waals surface area contributed by atoms with Gasteiger partial charge in [-0.25, -0.2) is 0 Å². The summed E-state index contributed by atoms with van der Waals surface area (Å²) in [6.45, 7) is 0.464. The fourth-order valence-electron chi connectivity index (χ4n) is 3.21. The molecule has 0 bridgehead atoms. The van der Waals surface area contributed by atoms with Crippen molar-refractivity contribution in [2.24, 2.45) is 10.2 Å². The van der Waals surface area contributed by atoms with Crippen molar-refractivity contribution >= 4 is 55.5 Å². The summed E-state index contributed by atoms with van der Waals surface area (Å²) in [6.07, 6.45) is 0.974. The van der Waals surface area contributed by atoms with Gasteiger partial charge in [0.25, 0.3) is 0 Å². The van der Waals surface area contributed by atoms with Crippen LogP contribution in [0, 0.1) is 11.3 Å². The molecule has 6 nitrogen and oxygen atoms in total. The van der Waals surface area contributed by atoms with E-state index < -0.39 is 5.91 Å². The highest BCUT2D eigenvalue weighted by Crippen LogP contribution is 2.40. The van der Waals surface area contributed by atoms with Gasteiger partial charge in [0, 0.05) is 28.4 Å². The molecule has 0 atom stereocenters. The Morgan fingerprint density at radius 1 is 1.17 bits per heavy atom. The van der Waals surface area contributed by atoms with Crippen LogP contribution in [-0.4, -0.2) is 15.6 Å². The van der Waals surface area contributed by atoms with E-state index in [1.807, 2.05) is 42.5 Å². The lowest BCUT2D eigenvalue weighted by Gasteiger charge is -2.04. The van der Waals surface area contributed by atoms with E-state index >= 15 is 0 Å². The number of nitrogens with zero attached hydrogens (tertiary/aromatic N) is 4. The zero-order chi connectivity index (χ0) is 20.4. The average Bonchev–Trinajstić information content (AvgIpc) is 3.21. The van der Waals surface area contributed by atoms with Gasteiger partial charge in [-0.3, -0.25) is 4.79 Å². The monoisotopic (exact) mass is 422 g/mol. The molecule has 8 heteroatoms. The van der Waals surface area contributed by atoms with Gasteiger partial charge < -0.3 is 9.67 Å². The van der Waals surface area contributed by atoms with Gasteiger partial charge in [-0.1, -0.05) is 48.0 Å². The number of hydrogen-bond donors (Lipinski definition) is 1. The molecule has 144 valence electrons. The molecule has 0 aliphatic rings. The number of halogens is 1. The van der Waals surface area contributed by atoms with Gasteiger partial charge in [0.05, 0.1) is 16.6 Å². The van der Waals surface area contributed by atoms with Crippen molar-refractivity contribution in [2.45, 2.75) is 19.4 Å². The molecule has 4 rings (SSSR count). The Bertz CT molecular complexity index is 1300. The smallest absolute Gasteiger partial charge is 0.307 e. The molecule has 0 spiro atoms. The van der Waals surface area contributed by atoms with E-state index in [0.717, 1.165) is 15.6 Å². The van der Waals surface area contributed by atoms with Crippen LogP contribution in [0.25, 0.3) is 21.0 Å². The SMILES string of the molecule is N#CCCCn1c(O)c(N=NC(=O)c2sc3ccccc3c2Cl)c2ccccc21. The summed E-state index contributed by atoms with van der Waals surface area (Å²) in [6, 6.07) is 16.9. The van der Waals surface area contributed by atoms with Crippen molar-refractivity contribution in [2.75, 3.05) is 0 Å². The minimum absolute atomic E-state index is 0.0804. The number of carbonyl (C=O) groups excluding carboxylic acids is 1. The summed E-state index contributed by atoms with van der Waals surface area (Å²) >= 11 is 7.60. The molecule has 4 aromatic rings. The summed E-state index contributed by atoms with van der Waals surface area (Å²) < 4.78 is 2.57. The molecule has 0 fully saturated rings. The van der Waals surface area contributed by atoms with Crippen LogP contribution in [-0.2, 0) is 6.54 Å². The minimum Gasteiger partial charge on any atom is -0.493 e. The van der Waals surface area contributed by atoms with Gasteiger partial charge in [-0.05, 0) is 18.6 Å². The minimum atomic E-state index is -0.558. The third kappa shape index (κ3) is 3.48. The van der Waals surface area contributed by atoms with Gasteiger partial charge >= 0.3 is 5.91 Å². The predicted octanol–water partition coefficient (Wildman–Crippen LogP) is 6.44. The standard InChI is InChI=1S/C21H15ClN4O2S/c22-17-14-8-2-4-10-16(14)29-19(17)20(27)25-24-18-13-7-1-3-9-15(13)26(21(18)28)12-6-5-11-23/h1-4,7-10,28H,5-6,12H2. The molecular weight excluding hydrogens is 408 g/mol. The Labute approximate surface area is 175 Å². The predicted molar refractivity (Wildman–Crippen MR) is 114 cm³/mol. The Balaban J connectivity index is 1.70. The number of azo groups is 1. The van der Waals surface area contributed by atoms with Crippen molar-refractivity contribution in [3.05, 3.63) is 58.4 Å². The van der Waals surface area contributed by atoms with E-state index in [4.69, 9.17) is 16.9 Å². The molecule has 0 aliphatic heterocycles. The second-order valence-electron chi connectivity index (χ2n) is 6.35. The normalized spacial score (nSPS) is 11.4. The summed E-state index contributed by atoms with van der Waals surface area (Å²) in [5.41, 5.74) is 0.993. The highest BCUT2D eigenvalue weighted by atomic mass is 35.5. The molecule has 0 saturated heterocycles. The number of rotatable bonds is 5. The zero-order valence-electron chi connectivity index (χ0n) is 15.2. The number of para-hydroxylation sites is 1. The second kappa shape index (κ2) is 8.03. The van der Waals surface area contributed by atoms with Crippen LogP contribution in [0.15, 0.2) is 58.8 Å². The molecule has 0 aliphatic carbocycles. The number of aryl methyl sites for hydroxylation is 1. The van der Waals surface area contributed by atoms with Crippen LogP contribution < -0.4 is 0 Å². The molecule has 2 aromatic carbocycles. The lowest BCUT2D eigenvalue weighted by molar-refractivity contribution is 0.0999. The number of unbranched alkanes of at least 4 members (excludes halogenated alkanes) is 1. The van der Waals surface area contributed by atoms with Crippen molar-refractivity contribution in [1.82, 2.24) is 4.57 Å². The number of nitriles is 1. The third-order valence-electron chi connectivity index (χ3n) is 4.56. The van der Waals surface area contributed by atoms with Crippen LogP contribution in [0.4, 0.5) is 5.69 Å². The van der Waals surface area contributed by atoms with Crippen LogP contribution in [0.3, 0.4) is 0 Å². The first kappa shape index (κ1) is 19.1. The Morgan fingerprint density at radius 3 is 2.66 bits per heavy atom. The molecule has 2 aromatic heterocycles. The van der Waals surface area contributed by atoms with E-state index in [-0.39, 0.29) is 11.6 Å². The van der Waals surface area contributed by atoms with Gasteiger partial charge in [-0.2, -0.15) is 5.26 Å². The highest BCUT2D eigenvalue weighted by Gasteiger charge is 2.19. The molecule has 1 N–H and O–H groups in total. The second-order valence-corrected chi connectivity index (χ2v) is 7.78. The molecule has 0 radical (unpaired) electrons. The summed E-state index contributed by atoms with van der Waals surface area (Å²) in [5.74, 6) is -0.639. The van der Waals surface area contributed by atoms with Crippen LogP contribution in [0.2, 0.25) is 5.02 Å². The summed E-state index contributed by atoms with van der Waals surface area (Å²) in [4.78, 5) is 12.9. The fraction of sp³-hybridized carbons (Fsp3) is 0.143. The molecule has 29 heavy (non-hydrogen) atoms. The summed E-state index contributed by atoms with van der Waals surface area (Å²) in [7, 11) is 0. The van der Waals surface area contributed by atoms with Crippen molar-refractivity contribution in [1.29, 1.82) is 5.26 Å². The van der Waals surface area contributed by atoms with E-state index in [2.05, 4.69) is 16.3 Å². The maximum Gasteiger partial charge on any atom is 0.307 e. The number of benzene rings is 2. The van der Waals surface area contributed by atoms with E-state index in [1.165, 1.54) is 11.3 Å². The van der Waals surface area contributed by atoms with Gasteiger partial charge in [0.15, 0.2) is 5.69 Å². The van der Waals surface area contributed by atoms with E-state index in [0.29, 0.717) is 34.7 Å². The van der Waals surface area contributed by atoms with Crippen LogP contribution >= 0.6 is 22.9 Å². The average molecular weight is 423 g/mol. The van der Waals surface area contributed by atoms with Crippen LogP contribution in [0.5, 0.6) is 5.88 Å². The van der Waals surface area contributed by atoms with Gasteiger partial charge in [0.1, 0.15) is 4.88 Å². The number of aromatic nitrogens is 1. The zero-order valence-corrected chi connectivity index (χ0v) is 16.7. The first-order valence-corrected chi connectivity index (χ1v) is 10.1. The molecule has 1 amide bonds. The number of thiophene rings is 1. The van der Waals surface area contributed by atoms with Crippen molar-refractivity contribution in [3.8, 4) is 11.9 Å². The molecule has 2 heterocycles. The quantitative estimate of drug-likeness (QED) is 0.296. The number of amides is 1. The van der Waals surface area contributed by atoms with E-state index in [1.54, 1.807) is 10.6 Å².